The Labute approximate surface area is 148 Å². The van der Waals surface area contributed by atoms with E-state index in [2.05, 4.69) is 0 Å². The van der Waals surface area contributed by atoms with Crippen LogP contribution in [0.15, 0.2) is 30.3 Å². The van der Waals surface area contributed by atoms with Crippen molar-refractivity contribution in [1.82, 2.24) is 0 Å². The van der Waals surface area contributed by atoms with E-state index < -0.39 is 24.1 Å². The second-order valence-electron chi connectivity index (χ2n) is 7.74. The number of hydrogen-bond donors (Lipinski definition) is 2. The second-order valence-corrected chi connectivity index (χ2v) is 7.74. The number of benzene rings is 1. The first-order valence-electron chi connectivity index (χ1n) is 9.47. The molecule has 5 nitrogen and oxygen atoms in total. The standard InChI is InChI=1S/C20H28O5/c1-13-15(21)16(22)18(23-12-14-8-4-2-5-9-14)19-17(13)24-20(25-19)10-6-3-7-11-20/h2,4-5,8-9,13,15-19,21-22H,3,6-7,10-12H2,1H3/t13?,15-,16?,17?,18-,19+/m1/s1. The predicted molar refractivity (Wildman–Crippen MR) is 91.8 cm³/mol. The molecule has 0 bridgehead atoms. The van der Waals surface area contributed by atoms with Crippen molar-refractivity contribution in [3.63, 3.8) is 0 Å². The lowest BCUT2D eigenvalue weighted by atomic mass is 9.79. The highest BCUT2D eigenvalue weighted by Crippen LogP contribution is 2.47. The molecule has 138 valence electrons. The molecular formula is C20H28O5. The Balaban J connectivity index is 1.52. The Morgan fingerprint density at radius 3 is 2.40 bits per heavy atom. The molecule has 6 atom stereocenters. The predicted octanol–water partition coefficient (Wildman–Crippen LogP) is 2.39. The average Bonchev–Trinajstić information content (AvgIpc) is 3.00. The summed E-state index contributed by atoms with van der Waals surface area (Å²) in [5, 5.41) is 21.1. The molecule has 2 N–H and O–H groups in total. The molecule has 1 spiro atoms. The first-order chi connectivity index (χ1) is 12.1. The van der Waals surface area contributed by atoms with Crippen molar-refractivity contribution in [1.29, 1.82) is 0 Å². The number of fused-ring (bicyclic) bond motifs is 1. The summed E-state index contributed by atoms with van der Waals surface area (Å²) in [6.45, 7) is 2.30. The van der Waals surface area contributed by atoms with E-state index in [9.17, 15) is 10.2 Å². The smallest absolute Gasteiger partial charge is 0.169 e. The van der Waals surface area contributed by atoms with Gasteiger partial charge >= 0.3 is 0 Å². The maximum absolute atomic E-state index is 10.6. The van der Waals surface area contributed by atoms with E-state index in [0.29, 0.717) is 6.61 Å². The molecule has 0 radical (unpaired) electrons. The van der Waals surface area contributed by atoms with Crippen LogP contribution in [0.3, 0.4) is 0 Å². The zero-order valence-corrected chi connectivity index (χ0v) is 14.7. The number of aliphatic hydroxyl groups is 2. The topological polar surface area (TPSA) is 68.2 Å². The minimum atomic E-state index is -0.970. The van der Waals surface area contributed by atoms with Crippen molar-refractivity contribution in [2.45, 2.75) is 81.9 Å². The van der Waals surface area contributed by atoms with Gasteiger partial charge in [0.2, 0.25) is 0 Å². The number of ether oxygens (including phenoxy) is 3. The quantitative estimate of drug-likeness (QED) is 0.878. The minimum absolute atomic E-state index is 0.183. The normalized spacial score (nSPS) is 40.1. The Kier molecular flexibility index (Phi) is 4.86. The van der Waals surface area contributed by atoms with Gasteiger partial charge in [-0.1, -0.05) is 43.7 Å². The summed E-state index contributed by atoms with van der Waals surface area (Å²) >= 11 is 0. The molecule has 2 aliphatic carbocycles. The van der Waals surface area contributed by atoms with E-state index in [4.69, 9.17) is 14.2 Å². The SMILES string of the molecule is CC1C2OC3(CCCCC3)O[C@@H]2[C@H](OCc2ccccc2)C(O)[C@@H]1O. The van der Waals surface area contributed by atoms with Gasteiger partial charge in [0.15, 0.2) is 5.79 Å². The van der Waals surface area contributed by atoms with Crippen LogP contribution in [0.5, 0.6) is 0 Å². The van der Waals surface area contributed by atoms with E-state index in [1.165, 1.54) is 6.42 Å². The van der Waals surface area contributed by atoms with Crippen LogP contribution in [-0.4, -0.2) is 46.5 Å². The lowest BCUT2D eigenvalue weighted by Crippen LogP contribution is -2.60. The molecule has 3 aliphatic rings. The fourth-order valence-corrected chi connectivity index (χ4v) is 4.50. The van der Waals surface area contributed by atoms with Crippen molar-refractivity contribution < 1.29 is 24.4 Å². The summed E-state index contributed by atoms with van der Waals surface area (Å²) in [6, 6.07) is 9.85. The van der Waals surface area contributed by atoms with Gasteiger partial charge in [0.05, 0.1) is 18.8 Å². The van der Waals surface area contributed by atoms with Crippen LogP contribution in [0, 0.1) is 5.92 Å². The molecule has 3 unspecified atom stereocenters. The molecule has 1 aromatic carbocycles. The highest BCUT2D eigenvalue weighted by Gasteiger charge is 2.59. The minimum Gasteiger partial charge on any atom is -0.390 e. The summed E-state index contributed by atoms with van der Waals surface area (Å²) in [6.07, 6.45) is 2.15. The third kappa shape index (κ3) is 3.24. The van der Waals surface area contributed by atoms with Gasteiger partial charge in [-0.3, -0.25) is 0 Å². The van der Waals surface area contributed by atoms with Crippen LogP contribution in [0.2, 0.25) is 0 Å². The molecule has 2 saturated carbocycles. The Hall–Kier alpha value is -0.980. The van der Waals surface area contributed by atoms with Gasteiger partial charge in [0, 0.05) is 18.8 Å². The number of rotatable bonds is 3. The number of aliphatic hydroxyl groups excluding tert-OH is 2. The van der Waals surface area contributed by atoms with Crippen molar-refractivity contribution in [2.24, 2.45) is 5.92 Å². The average molecular weight is 348 g/mol. The third-order valence-corrected chi connectivity index (χ3v) is 5.99. The molecule has 3 fully saturated rings. The van der Waals surface area contributed by atoms with Gasteiger partial charge in [0.1, 0.15) is 18.3 Å². The third-order valence-electron chi connectivity index (χ3n) is 5.99. The van der Waals surface area contributed by atoms with Gasteiger partial charge in [-0.2, -0.15) is 0 Å². The highest BCUT2D eigenvalue weighted by molar-refractivity contribution is 5.14. The van der Waals surface area contributed by atoms with Crippen molar-refractivity contribution in [3.05, 3.63) is 35.9 Å². The van der Waals surface area contributed by atoms with E-state index in [1.54, 1.807) is 0 Å². The van der Waals surface area contributed by atoms with E-state index in [0.717, 1.165) is 31.2 Å². The van der Waals surface area contributed by atoms with Gasteiger partial charge in [-0.05, 0) is 18.4 Å². The van der Waals surface area contributed by atoms with Crippen LogP contribution in [0.4, 0.5) is 0 Å². The molecule has 25 heavy (non-hydrogen) atoms. The molecule has 4 rings (SSSR count). The van der Waals surface area contributed by atoms with Crippen LogP contribution >= 0.6 is 0 Å². The summed E-state index contributed by atoms with van der Waals surface area (Å²) in [5.41, 5.74) is 1.03. The summed E-state index contributed by atoms with van der Waals surface area (Å²) < 4.78 is 18.7. The Bertz CT molecular complexity index is 571. The van der Waals surface area contributed by atoms with E-state index >= 15 is 0 Å². The molecule has 0 aromatic heterocycles. The van der Waals surface area contributed by atoms with Crippen molar-refractivity contribution in [2.75, 3.05) is 0 Å². The zero-order valence-electron chi connectivity index (χ0n) is 14.7. The van der Waals surface area contributed by atoms with Crippen LogP contribution in [-0.2, 0) is 20.8 Å². The highest BCUT2D eigenvalue weighted by atomic mass is 16.8. The first kappa shape index (κ1) is 17.4. The Morgan fingerprint density at radius 2 is 1.68 bits per heavy atom. The lowest BCUT2D eigenvalue weighted by Gasteiger charge is -2.42. The fourth-order valence-electron chi connectivity index (χ4n) is 4.50. The molecule has 1 heterocycles. The van der Waals surface area contributed by atoms with Gasteiger partial charge < -0.3 is 24.4 Å². The monoisotopic (exact) mass is 348 g/mol. The zero-order chi connectivity index (χ0) is 17.4. The van der Waals surface area contributed by atoms with Gasteiger partial charge in [0.25, 0.3) is 0 Å². The number of hydrogen-bond acceptors (Lipinski definition) is 5. The molecule has 5 heteroatoms. The van der Waals surface area contributed by atoms with Crippen LogP contribution in [0.25, 0.3) is 0 Å². The summed E-state index contributed by atoms with van der Waals surface area (Å²) in [5.74, 6) is -0.738. The largest absolute Gasteiger partial charge is 0.390 e. The molecule has 1 aromatic rings. The van der Waals surface area contributed by atoms with Crippen LogP contribution in [0.1, 0.15) is 44.6 Å². The van der Waals surface area contributed by atoms with E-state index in [1.807, 2.05) is 37.3 Å². The molecule has 1 aliphatic heterocycles. The maximum atomic E-state index is 10.6. The van der Waals surface area contributed by atoms with Crippen LogP contribution < -0.4 is 0 Å². The van der Waals surface area contributed by atoms with Crippen molar-refractivity contribution in [3.8, 4) is 0 Å². The Morgan fingerprint density at radius 1 is 1.00 bits per heavy atom. The molecular weight excluding hydrogens is 320 g/mol. The van der Waals surface area contributed by atoms with Gasteiger partial charge in [-0.25, -0.2) is 0 Å². The molecule has 1 saturated heterocycles. The maximum Gasteiger partial charge on any atom is 0.169 e. The fraction of sp³-hybridized carbons (Fsp3) is 0.700. The lowest BCUT2D eigenvalue weighted by molar-refractivity contribution is -0.209. The van der Waals surface area contributed by atoms with Crippen molar-refractivity contribution >= 4 is 0 Å². The first-order valence-corrected chi connectivity index (χ1v) is 9.47. The second kappa shape index (κ2) is 6.97. The molecule has 0 amide bonds. The summed E-state index contributed by atoms with van der Waals surface area (Å²) in [7, 11) is 0. The van der Waals surface area contributed by atoms with Gasteiger partial charge in [-0.15, -0.1) is 0 Å². The summed E-state index contributed by atoms with van der Waals surface area (Å²) in [4.78, 5) is 0. The van der Waals surface area contributed by atoms with E-state index in [-0.39, 0.29) is 18.1 Å².